The van der Waals surface area contributed by atoms with Gasteiger partial charge in [-0.15, -0.1) is 0 Å². The Morgan fingerprint density at radius 2 is 1.78 bits per heavy atom. The Bertz CT molecular complexity index is 1090. The van der Waals surface area contributed by atoms with Crippen molar-refractivity contribution in [3.8, 4) is 0 Å². The molecule has 1 aromatic heterocycles. The number of nitrogens with one attached hydrogen (secondary N) is 1. The first kappa shape index (κ1) is 21.8. The topological polar surface area (TPSA) is 65.8 Å². The molecule has 0 unspecified atom stereocenters. The van der Waals surface area contributed by atoms with E-state index in [1.807, 2.05) is 24.0 Å². The van der Waals surface area contributed by atoms with E-state index in [1.54, 1.807) is 18.2 Å². The highest BCUT2D eigenvalue weighted by Gasteiger charge is 2.21. The van der Waals surface area contributed by atoms with Crippen LogP contribution in [-0.2, 0) is 6.54 Å². The van der Waals surface area contributed by atoms with E-state index in [4.69, 9.17) is 4.42 Å². The second-order valence-corrected chi connectivity index (χ2v) is 8.31. The van der Waals surface area contributed by atoms with Crippen LogP contribution in [0.5, 0.6) is 0 Å². The Labute approximate surface area is 188 Å². The van der Waals surface area contributed by atoms with Gasteiger partial charge in [-0.3, -0.25) is 14.5 Å². The third kappa shape index (κ3) is 5.08. The van der Waals surface area contributed by atoms with Gasteiger partial charge in [-0.1, -0.05) is 30.3 Å². The summed E-state index contributed by atoms with van der Waals surface area (Å²) in [6.45, 7) is 8.18. The van der Waals surface area contributed by atoms with E-state index < -0.39 is 0 Å². The maximum absolute atomic E-state index is 13.2. The number of furan rings is 1. The fourth-order valence-electron chi connectivity index (χ4n) is 4.02. The van der Waals surface area contributed by atoms with E-state index in [-0.39, 0.29) is 17.6 Å². The molecule has 1 fully saturated rings. The van der Waals surface area contributed by atoms with Crippen molar-refractivity contribution in [2.24, 2.45) is 0 Å². The zero-order chi connectivity index (χ0) is 22.5. The van der Waals surface area contributed by atoms with Crippen LogP contribution in [0.3, 0.4) is 0 Å². The minimum Gasteiger partial charge on any atom is -0.459 e. The van der Waals surface area contributed by atoms with Gasteiger partial charge >= 0.3 is 0 Å². The molecule has 2 heterocycles. The molecule has 0 bridgehead atoms. The molecule has 0 spiro atoms. The highest BCUT2D eigenvalue weighted by molar-refractivity contribution is 6.03. The predicted octanol–water partition coefficient (Wildman–Crippen LogP) is 4.50. The quantitative estimate of drug-likeness (QED) is 0.646. The predicted molar refractivity (Wildman–Crippen MR) is 125 cm³/mol. The number of amides is 2. The third-order valence-corrected chi connectivity index (χ3v) is 6.01. The molecule has 1 saturated heterocycles. The Morgan fingerprint density at radius 1 is 0.938 bits per heavy atom. The molecule has 32 heavy (non-hydrogen) atoms. The third-order valence-electron chi connectivity index (χ3n) is 6.01. The molecule has 6 heteroatoms. The van der Waals surface area contributed by atoms with Crippen molar-refractivity contribution in [2.75, 3.05) is 31.5 Å². The molecular formula is C26H29N3O3. The van der Waals surface area contributed by atoms with Crippen LogP contribution in [0, 0.1) is 13.8 Å². The zero-order valence-corrected chi connectivity index (χ0v) is 18.6. The summed E-state index contributed by atoms with van der Waals surface area (Å²) in [5.41, 5.74) is 4.73. The number of aryl methyl sites for hydroxylation is 2. The maximum atomic E-state index is 13.2. The lowest BCUT2D eigenvalue weighted by atomic mass is 10.1. The summed E-state index contributed by atoms with van der Waals surface area (Å²) in [6.07, 6.45) is 2.40. The van der Waals surface area contributed by atoms with Gasteiger partial charge in [0.1, 0.15) is 0 Å². The van der Waals surface area contributed by atoms with Crippen molar-refractivity contribution in [2.45, 2.75) is 26.8 Å². The van der Waals surface area contributed by atoms with Crippen LogP contribution >= 0.6 is 0 Å². The molecule has 0 atom stereocenters. The summed E-state index contributed by atoms with van der Waals surface area (Å²) in [4.78, 5) is 29.9. The van der Waals surface area contributed by atoms with Crippen molar-refractivity contribution in [3.05, 3.63) is 88.9 Å². The Morgan fingerprint density at radius 3 is 2.56 bits per heavy atom. The minimum absolute atomic E-state index is 0.00348. The first-order valence-corrected chi connectivity index (χ1v) is 11.0. The number of nitrogens with zero attached hydrogens (tertiary/aromatic N) is 2. The average Bonchev–Trinajstić information content (AvgIpc) is 3.24. The minimum atomic E-state index is -0.329. The van der Waals surface area contributed by atoms with Gasteiger partial charge in [0.05, 0.1) is 6.26 Å². The lowest BCUT2D eigenvalue weighted by Gasteiger charge is -2.23. The van der Waals surface area contributed by atoms with Crippen LogP contribution in [0.2, 0.25) is 0 Å². The number of hydrogen-bond acceptors (Lipinski definition) is 4. The fourth-order valence-corrected chi connectivity index (χ4v) is 4.02. The van der Waals surface area contributed by atoms with Gasteiger partial charge in [0.15, 0.2) is 5.76 Å². The summed E-state index contributed by atoms with van der Waals surface area (Å²) in [5.74, 6) is -0.0945. The molecule has 6 nitrogen and oxygen atoms in total. The lowest BCUT2D eigenvalue weighted by molar-refractivity contribution is 0.0760. The summed E-state index contributed by atoms with van der Waals surface area (Å²) in [7, 11) is 0. The Hall–Kier alpha value is -3.38. The van der Waals surface area contributed by atoms with Gasteiger partial charge in [0, 0.05) is 44.0 Å². The van der Waals surface area contributed by atoms with Crippen LogP contribution in [-0.4, -0.2) is 47.8 Å². The molecule has 1 aliphatic heterocycles. The van der Waals surface area contributed by atoms with E-state index in [9.17, 15) is 9.59 Å². The molecule has 0 radical (unpaired) electrons. The first-order chi connectivity index (χ1) is 15.5. The second kappa shape index (κ2) is 9.83. The largest absolute Gasteiger partial charge is 0.459 e. The molecule has 0 saturated carbocycles. The van der Waals surface area contributed by atoms with E-state index in [0.717, 1.165) is 38.2 Å². The van der Waals surface area contributed by atoms with E-state index in [0.29, 0.717) is 17.8 Å². The van der Waals surface area contributed by atoms with Crippen molar-refractivity contribution >= 4 is 17.5 Å². The smallest absolute Gasteiger partial charge is 0.291 e. The van der Waals surface area contributed by atoms with Gasteiger partial charge in [0.2, 0.25) is 0 Å². The molecule has 1 aliphatic rings. The summed E-state index contributed by atoms with van der Waals surface area (Å²) < 4.78 is 5.16. The Balaban J connectivity index is 1.41. The van der Waals surface area contributed by atoms with E-state index >= 15 is 0 Å². The summed E-state index contributed by atoms with van der Waals surface area (Å²) in [5, 5.41) is 2.85. The van der Waals surface area contributed by atoms with Gasteiger partial charge in [-0.25, -0.2) is 0 Å². The number of rotatable bonds is 5. The summed E-state index contributed by atoms with van der Waals surface area (Å²) in [6, 6.07) is 17.2. The molecule has 0 aliphatic carbocycles. The number of hydrogen-bond donors (Lipinski definition) is 1. The number of carbonyl (C=O) groups excluding carboxylic acids is 2. The SMILES string of the molecule is Cc1ccccc1CN1CCCN(C(=O)c2ccc(C)c(NC(=O)c3ccco3)c2)CC1. The normalized spacial score (nSPS) is 14.8. The average molecular weight is 432 g/mol. The molecule has 166 valence electrons. The number of anilines is 1. The van der Waals surface area contributed by atoms with Gasteiger partial charge in [-0.2, -0.15) is 0 Å². The second-order valence-electron chi connectivity index (χ2n) is 8.31. The number of benzene rings is 2. The Kier molecular flexibility index (Phi) is 6.71. The van der Waals surface area contributed by atoms with E-state index in [2.05, 4.69) is 41.4 Å². The van der Waals surface area contributed by atoms with Crippen molar-refractivity contribution in [1.29, 1.82) is 0 Å². The van der Waals surface area contributed by atoms with Gasteiger partial charge in [0.25, 0.3) is 11.8 Å². The van der Waals surface area contributed by atoms with Crippen LogP contribution in [0.25, 0.3) is 0 Å². The van der Waals surface area contributed by atoms with Crippen LogP contribution in [0.15, 0.2) is 65.3 Å². The molecule has 1 N–H and O–H groups in total. The monoisotopic (exact) mass is 431 g/mol. The van der Waals surface area contributed by atoms with Crippen molar-refractivity contribution in [3.63, 3.8) is 0 Å². The summed E-state index contributed by atoms with van der Waals surface area (Å²) >= 11 is 0. The first-order valence-electron chi connectivity index (χ1n) is 11.0. The maximum Gasteiger partial charge on any atom is 0.291 e. The van der Waals surface area contributed by atoms with Crippen LogP contribution in [0.4, 0.5) is 5.69 Å². The van der Waals surface area contributed by atoms with Crippen LogP contribution < -0.4 is 5.32 Å². The molecule has 3 aromatic rings. The molecule has 2 amide bonds. The molecular weight excluding hydrogens is 402 g/mol. The lowest BCUT2D eigenvalue weighted by Crippen LogP contribution is -2.35. The standard InChI is InChI=1S/C26H29N3O3/c1-19-7-3-4-8-22(19)18-28-12-6-13-29(15-14-28)26(31)21-11-10-20(2)23(17-21)27-25(30)24-9-5-16-32-24/h3-5,7-11,16-17H,6,12-15,18H2,1-2H3,(H,27,30). The van der Waals surface area contributed by atoms with Gasteiger partial charge < -0.3 is 14.6 Å². The van der Waals surface area contributed by atoms with E-state index in [1.165, 1.54) is 17.4 Å². The van der Waals surface area contributed by atoms with Crippen molar-refractivity contribution in [1.82, 2.24) is 9.80 Å². The molecule has 2 aromatic carbocycles. The highest BCUT2D eigenvalue weighted by Crippen LogP contribution is 2.20. The van der Waals surface area contributed by atoms with Crippen molar-refractivity contribution < 1.29 is 14.0 Å². The highest BCUT2D eigenvalue weighted by atomic mass is 16.3. The number of carbonyl (C=O) groups is 2. The van der Waals surface area contributed by atoms with Gasteiger partial charge in [-0.05, 0) is 61.2 Å². The van der Waals surface area contributed by atoms with Crippen LogP contribution in [0.1, 0.15) is 44.0 Å². The fraction of sp³-hybridized carbons (Fsp3) is 0.308. The molecule has 4 rings (SSSR count). The zero-order valence-electron chi connectivity index (χ0n) is 18.6.